The van der Waals surface area contributed by atoms with Crippen molar-refractivity contribution in [3.05, 3.63) is 36.0 Å². The van der Waals surface area contributed by atoms with Crippen molar-refractivity contribution >= 4 is 22.0 Å². The molecule has 1 aliphatic rings. The van der Waals surface area contributed by atoms with Gasteiger partial charge in [0.05, 0.1) is 4.75 Å². The van der Waals surface area contributed by atoms with Gasteiger partial charge >= 0.3 is 0 Å². The van der Waals surface area contributed by atoms with Crippen LogP contribution in [0.25, 0.3) is 10.9 Å². The van der Waals surface area contributed by atoms with Crippen molar-refractivity contribution in [3.63, 3.8) is 0 Å². The van der Waals surface area contributed by atoms with Crippen LogP contribution in [0.15, 0.2) is 30.5 Å². The van der Waals surface area contributed by atoms with Gasteiger partial charge in [-0.15, -0.1) is 0 Å². The summed E-state index contributed by atoms with van der Waals surface area (Å²) in [6.45, 7) is 0. The van der Waals surface area contributed by atoms with Crippen LogP contribution in [0.5, 0.6) is 5.75 Å². The molecule has 3 rings (SSSR count). The van der Waals surface area contributed by atoms with Gasteiger partial charge < -0.3 is 9.66 Å². The lowest BCUT2D eigenvalue weighted by molar-refractivity contribution is 0.374. The zero-order valence-corrected chi connectivity index (χ0v) is 11.9. The van der Waals surface area contributed by atoms with Crippen LogP contribution < -0.4 is 0 Å². The molecule has 0 saturated heterocycles. The second-order valence-electron chi connectivity index (χ2n) is 5.34. The third-order valence-corrected chi connectivity index (χ3v) is 5.53. The zero-order chi connectivity index (χ0) is 14.2. The predicted octanol–water partition coefficient (Wildman–Crippen LogP) is 3.32. The number of hydrogen-bond donors (Lipinski definition) is 2. The topological polar surface area (TPSA) is 70.4 Å². The number of aromatic nitrogens is 1. The van der Waals surface area contributed by atoms with E-state index in [1.165, 1.54) is 0 Å². The number of fused-ring (bicyclic) bond motifs is 1. The summed E-state index contributed by atoms with van der Waals surface area (Å²) in [5, 5.41) is 10.7. The van der Waals surface area contributed by atoms with Crippen molar-refractivity contribution < 1.29 is 13.9 Å². The van der Waals surface area contributed by atoms with E-state index in [0.29, 0.717) is 18.4 Å². The van der Waals surface area contributed by atoms with Gasteiger partial charge in [0.2, 0.25) is 0 Å². The molecule has 106 valence electrons. The smallest absolute Gasteiger partial charge is 0.163 e. The van der Waals surface area contributed by atoms with Crippen LogP contribution in [-0.4, -0.2) is 18.9 Å². The lowest BCUT2D eigenvalue weighted by Gasteiger charge is -2.35. The van der Waals surface area contributed by atoms with Crippen molar-refractivity contribution in [2.24, 2.45) is 0 Å². The minimum Gasteiger partial charge on any atom is -0.506 e. The molecule has 0 radical (unpaired) electrons. The Bertz CT molecular complexity index is 665. The Kier molecular flexibility index (Phi) is 3.48. The maximum Gasteiger partial charge on any atom is 0.163 e. The maximum atomic E-state index is 12.0. The van der Waals surface area contributed by atoms with Crippen LogP contribution in [-0.2, 0) is 15.8 Å². The summed E-state index contributed by atoms with van der Waals surface area (Å²) in [4.78, 5) is 4.20. The normalized spacial score (nSPS) is 19.9. The highest BCUT2D eigenvalue weighted by Gasteiger charge is 2.41. The van der Waals surface area contributed by atoms with Gasteiger partial charge in [-0.2, -0.15) is 0 Å². The van der Waals surface area contributed by atoms with Crippen LogP contribution in [0.4, 0.5) is 0 Å². The Morgan fingerprint density at radius 3 is 2.60 bits per heavy atom. The van der Waals surface area contributed by atoms with Crippen LogP contribution in [0, 0.1) is 0 Å². The molecule has 1 fully saturated rings. The zero-order valence-electron chi connectivity index (χ0n) is 11.1. The first-order valence-electron chi connectivity index (χ1n) is 6.83. The van der Waals surface area contributed by atoms with Gasteiger partial charge in [0.15, 0.2) is 11.1 Å². The maximum absolute atomic E-state index is 12.0. The van der Waals surface area contributed by atoms with Gasteiger partial charge in [0.1, 0.15) is 11.3 Å². The van der Waals surface area contributed by atoms with Crippen molar-refractivity contribution in [2.75, 3.05) is 0 Å². The monoisotopic (exact) mass is 291 g/mol. The first kappa shape index (κ1) is 13.5. The summed E-state index contributed by atoms with van der Waals surface area (Å²) in [7, 11) is 0. The average molecular weight is 291 g/mol. The largest absolute Gasteiger partial charge is 0.506 e. The minimum absolute atomic E-state index is 0.110. The van der Waals surface area contributed by atoms with Crippen LogP contribution in [0.3, 0.4) is 0 Å². The van der Waals surface area contributed by atoms with Gasteiger partial charge in [-0.25, -0.2) is 4.21 Å². The standard InChI is InChI=1S/C15H17NO3S/c17-13-7-6-12(11-5-4-10-16-14(11)13)15(20(18)19)8-2-1-3-9-15/h4-7,10,17H,1-3,8-9H2,(H,18,19). The fraction of sp³-hybridized carbons (Fsp3) is 0.400. The average Bonchev–Trinajstić information content (AvgIpc) is 2.48. The van der Waals surface area contributed by atoms with E-state index in [4.69, 9.17) is 0 Å². The quantitative estimate of drug-likeness (QED) is 0.833. The van der Waals surface area contributed by atoms with E-state index in [2.05, 4.69) is 4.98 Å². The van der Waals surface area contributed by atoms with Crippen molar-refractivity contribution in [1.29, 1.82) is 0 Å². The molecular formula is C15H17NO3S. The number of benzene rings is 1. The number of pyridine rings is 1. The highest BCUT2D eigenvalue weighted by molar-refractivity contribution is 7.80. The van der Waals surface area contributed by atoms with Gasteiger partial charge in [0.25, 0.3) is 0 Å². The predicted molar refractivity (Wildman–Crippen MR) is 78.9 cm³/mol. The molecule has 5 heteroatoms. The Hall–Kier alpha value is -1.46. The highest BCUT2D eigenvalue weighted by atomic mass is 32.2. The second-order valence-corrected chi connectivity index (χ2v) is 6.62. The summed E-state index contributed by atoms with van der Waals surface area (Å²) in [6.07, 6.45) is 6.03. The SMILES string of the molecule is O=S(O)C1(c2ccc(O)c3ncccc23)CCCCC1. The Labute approximate surface area is 120 Å². The second kappa shape index (κ2) is 5.14. The van der Waals surface area contributed by atoms with Crippen molar-refractivity contribution in [1.82, 2.24) is 4.98 Å². The summed E-state index contributed by atoms with van der Waals surface area (Å²) >= 11 is -1.93. The lowest BCUT2D eigenvalue weighted by atomic mass is 9.81. The van der Waals surface area contributed by atoms with E-state index < -0.39 is 15.8 Å². The number of nitrogens with zero attached hydrogens (tertiary/aromatic N) is 1. The fourth-order valence-corrected chi connectivity index (χ4v) is 4.22. The van der Waals surface area contributed by atoms with E-state index in [0.717, 1.165) is 30.2 Å². The number of aromatic hydroxyl groups is 1. The Morgan fingerprint density at radius 2 is 1.90 bits per heavy atom. The molecule has 2 N–H and O–H groups in total. The summed E-state index contributed by atoms with van der Waals surface area (Å²) in [5.41, 5.74) is 1.33. The third-order valence-electron chi connectivity index (χ3n) is 4.23. The first-order valence-corrected chi connectivity index (χ1v) is 7.94. The van der Waals surface area contributed by atoms with E-state index in [9.17, 15) is 13.9 Å². The molecule has 1 aromatic heterocycles. The van der Waals surface area contributed by atoms with E-state index in [-0.39, 0.29) is 5.75 Å². The van der Waals surface area contributed by atoms with Crippen LogP contribution in [0.2, 0.25) is 0 Å². The first-order chi connectivity index (χ1) is 9.65. The Balaban J connectivity index is 2.27. The van der Waals surface area contributed by atoms with E-state index in [1.807, 2.05) is 6.07 Å². The minimum atomic E-state index is -1.93. The third kappa shape index (κ3) is 2.01. The lowest BCUT2D eigenvalue weighted by Crippen LogP contribution is -2.33. The molecule has 1 unspecified atom stereocenters. The molecule has 0 bridgehead atoms. The molecular weight excluding hydrogens is 274 g/mol. The molecule has 0 spiro atoms. The molecule has 0 amide bonds. The van der Waals surface area contributed by atoms with E-state index in [1.54, 1.807) is 24.4 Å². The molecule has 0 aliphatic heterocycles. The Morgan fingerprint density at radius 1 is 1.15 bits per heavy atom. The molecule has 1 atom stereocenters. The summed E-state index contributed by atoms with van der Waals surface area (Å²) in [5.74, 6) is 0.110. The molecule has 2 aromatic rings. The number of hydrogen-bond acceptors (Lipinski definition) is 3. The van der Waals surface area contributed by atoms with Crippen molar-refractivity contribution in [3.8, 4) is 5.75 Å². The van der Waals surface area contributed by atoms with Gasteiger partial charge in [-0.1, -0.05) is 31.4 Å². The molecule has 20 heavy (non-hydrogen) atoms. The summed E-state index contributed by atoms with van der Waals surface area (Å²) in [6, 6.07) is 7.01. The summed E-state index contributed by atoms with van der Waals surface area (Å²) < 4.78 is 21.2. The molecule has 1 aliphatic carbocycles. The molecule has 1 heterocycles. The van der Waals surface area contributed by atoms with E-state index >= 15 is 0 Å². The molecule has 1 saturated carbocycles. The molecule has 1 aromatic carbocycles. The van der Waals surface area contributed by atoms with Crippen molar-refractivity contribution in [2.45, 2.75) is 36.9 Å². The highest BCUT2D eigenvalue weighted by Crippen LogP contribution is 2.45. The number of phenolic OH excluding ortho intramolecular Hbond substituents is 1. The fourth-order valence-electron chi connectivity index (χ4n) is 3.22. The number of phenols is 1. The number of rotatable bonds is 2. The van der Waals surface area contributed by atoms with Gasteiger partial charge in [-0.3, -0.25) is 4.98 Å². The van der Waals surface area contributed by atoms with Gasteiger partial charge in [0, 0.05) is 11.6 Å². The van der Waals surface area contributed by atoms with Gasteiger partial charge in [-0.05, 0) is 30.5 Å². The van der Waals surface area contributed by atoms with Crippen LogP contribution >= 0.6 is 0 Å². The molecule has 4 nitrogen and oxygen atoms in total. The van der Waals surface area contributed by atoms with Crippen LogP contribution in [0.1, 0.15) is 37.7 Å².